The van der Waals surface area contributed by atoms with E-state index in [1.54, 1.807) is 6.20 Å². The molecule has 0 N–H and O–H groups in total. The van der Waals surface area contributed by atoms with E-state index in [4.69, 9.17) is 0 Å². The molecule has 58 valence electrons. The Hall–Kier alpha value is -0.150. The van der Waals surface area contributed by atoms with Crippen LogP contribution in [0.4, 0.5) is 0 Å². The Labute approximate surface area is 82.8 Å². The summed E-state index contributed by atoms with van der Waals surface area (Å²) in [6.45, 7) is 0. The van der Waals surface area contributed by atoms with Gasteiger partial charge in [0.1, 0.15) is 0 Å². The molecule has 0 aliphatic carbocycles. The first-order chi connectivity index (χ1) is 5.33. The van der Waals surface area contributed by atoms with Crippen molar-refractivity contribution >= 4 is 37.9 Å². The van der Waals surface area contributed by atoms with Crippen LogP contribution >= 0.6 is 31.9 Å². The molecular formula is C8H7Br2N. The molecule has 0 fully saturated rings. The van der Waals surface area contributed by atoms with E-state index in [1.165, 1.54) is 0 Å². The van der Waals surface area contributed by atoms with Crippen LogP contribution in [0.3, 0.4) is 0 Å². The largest absolute Gasteiger partial charge is 0.263 e. The number of nitrogens with zero attached hydrogens (tertiary/aromatic N) is 1. The summed E-state index contributed by atoms with van der Waals surface area (Å²) in [6.07, 6.45) is 7.64. The summed E-state index contributed by atoms with van der Waals surface area (Å²) >= 11 is 6.65. The molecule has 1 nitrogen and oxygen atoms in total. The van der Waals surface area contributed by atoms with Crippen molar-refractivity contribution in [3.63, 3.8) is 0 Å². The van der Waals surface area contributed by atoms with Crippen LogP contribution in [0.2, 0.25) is 0 Å². The van der Waals surface area contributed by atoms with E-state index in [-0.39, 0.29) is 0 Å². The van der Waals surface area contributed by atoms with Gasteiger partial charge in [-0.1, -0.05) is 28.1 Å². The standard InChI is InChI=1S/C8H7Br2N/c9-3-1-2-7-4-8(10)6-11-5-7/h1-2,4-6H,3H2/b2-1+. The molecule has 11 heavy (non-hydrogen) atoms. The van der Waals surface area contributed by atoms with Gasteiger partial charge in [0, 0.05) is 22.2 Å². The molecule has 3 heteroatoms. The van der Waals surface area contributed by atoms with Crippen LogP contribution < -0.4 is 0 Å². The van der Waals surface area contributed by atoms with Gasteiger partial charge in [0.2, 0.25) is 0 Å². The van der Waals surface area contributed by atoms with Gasteiger partial charge in [0.05, 0.1) is 0 Å². The van der Waals surface area contributed by atoms with Crippen LogP contribution in [0, 0.1) is 0 Å². The molecule has 0 amide bonds. The fourth-order valence-electron chi connectivity index (χ4n) is 0.700. The molecule has 0 aliphatic heterocycles. The topological polar surface area (TPSA) is 12.9 Å². The zero-order chi connectivity index (χ0) is 8.10. The smallest absolute Gasteiger partial charge is 0.0410 e. The third-order valence-corrected chi connectivity index (χ3v) is 1.93. The summed E-state index contributed by atoms with van der Waals surface area (Å²) in [7, 11) is 0. The Morgan fingerprint density at radius 2 is 2.27 bits per heavy atom. The second-order valence-electron chi connectivity index (χ2n) is 1.99. The van der Waals surface area contributed by atoms with Gasteiger partial charge in [-0.2, -0.15) is 0 Å². The fraction of sp³-hybridized carbons (Fsp3) is 0.125. The summed E-state index contributed by atoms with van der Waals surface area (Å²) < 4.78 is 1.01. The summed E-state index contributed by atoms with van der Waals surface area (Å²) in [5.74, 6) is 0. The number of rotatable bonds is 2. The lowest BCUT2D eigenvalue weighted by molar-refractivity contribution is 1.30. The first-order valence-corrected chi connectivity index (χ1v) is 5.07. The maximum absolute atomic E-state index is 4.02. The second-order valence-corrected chi connectivity index (χ2v) is 3.56. The fourth-order valence-corrected chi connectivity index (χ4v) is 1.27. The predicted molar refractivity (Wildman–Crippen MR) is 54.8 cm³/mol. The minimum Gasteiger partial charge on any atom is -0.263 e. The molecule has 1 aromatic rings. The van der Waals surface area contributed by atoms with Gasteiger partial charge in [0.15, 0.2) is 0 Å². The maximum Gasteiger partial charge on any atom is 0.0410 e. The first kappa shape index (κ1) is 8.94. The van der Waals surface area contributed by atoms with Crippen molar-refractivity contribution < 1.29 is 0 Å². The summed E-state index contributed by atoms with van der Waals surface area (Å²) in [5, 5.41) is 0.875. The molecule has 0 aromatic carbocycles. The molecule has 0 unspecified atom stereocenters. The Morgan fingerprint density at radius 1 is 1.45 bits per heavy atom. The lowest BCUT2D eigenvalue weighted by Gasteiger charge is -1.91. The Balaban J connectivity index is 2.79. The van der Waals surface area contributed by atoms with Crippen LogP contribution in [-0.4, -0.2) is 10.3 Å². The van der Waals surface area contributed by atoms with Crippen LogP contribution in [0.15, 0.2) is 29.0 Å². The number of hydrogen-bond acceptors (Lipinski definition) is 1. The highest BCUT2D eigenvalue weighted by Crippen LogP contribution is 2.10. The minimum absolute atomic E-state index is 0.875. The van der Waals surface area contributed by atoms with E-state index >= 15 is 0 Å². The molecule has 0 saturated carbocycles. The Kier molecular flexibility index (Phi) is 3.80. The highest BCUT2D eigenvalue weighted by Gasteiger charge is 1.87. The zero-order valence-corrected chi connectivity index (χ0v) is 8.97. The van der Waals surface area contributed by atoms with Gasteiger partial charge < -0.3 is 0 Å². The molecule has 1 rings (SSSR count). The number of allylic oxidation sites excluding steroid dienone is 1. The monoisotopic (exact) mass is 275 g/mol. The van der Waals surface area contributed by atoms with Crippen molar-refractivity contribution in [2.24, 2.45) is 0 Å². The molecule has 0 radical (unpaired) electrons. The van der Waals surface area contributed by atoms with Gasteiger partial charge in [-0.3, -0.25) is 4.98 Å². The molecule has 0 aliphatic rings. The quantitative estimate of drug-likeness (QED) is 0.756. The van der Waals surface area contributed by atoms with Crippen molar-refractivity contribution in [3.8, 4) is 0 Å². The van der Waals surface area contributed by atoms with Crippen molar-refractivity contribution in [2.75, 3.05) is 5.33 Å². The summed E-state index contributed by atoms with van der Waals surface area (Å²) in [6, 6.07) is 2.02. The average Bonchev–Trinajstić information content (AvgIpc) is 2.01. The number of alkyl halides is 1. The Bertz CT molecular complexity index is 258. The first-order valence-electron chi connectivity index (χ1n) is 3.16. The van der Waals surface area contributed by atoms with Crippen LogP contribution in [0.5, 0.6) is 0 Å². The van der Waals surface area contributed by atoms with Gasteiger partial charge in [-0.05, 0) is 27.6 Å². The van der Waals surface area contributed by atoms with E-state index in [0.29, 0.717) is 0 Å². The van der Waals surface area contributed by atoms with E-state index in [0.717, 1.165) is 15.4 Å². The zero-order valence-electron chi connectivity index (χ0n) is 5.80. The third-order valence-electron chi connectivity index (χ3n) is 1.13. The number of hydrogen-bond donors (Lipinski definition) is 0. The number of halogens is 2. The van der Waals surface area contributed by atoms with Crippen molar-refractivity contribution in [2.45, 2.75) is 0 Å². The van der Waals surface area contributed by atoms with E-state index in [1.807, 2.05) is 24.4 Å². The molecule has 1 heterocycles. The van der Waals surface area contributed by atoms with Crippen LogP contribution in [0.25, 0.3) is 6.08 Å². The van der Waals surface area contributed by atoms with E-state index in [9.17, 15) is 0 Å². The summed E-state index contributed by atoms with van der Waals surface area (Å²) in [4.78, 5) is 4.02. The average molecular weight is 277 g/mol. The van der Waals surface area contributed by atoms with E-state index in [2.05, 4.69) is 36.8 Å². The summed E-state index contributed by atoms with van der Waals surface area (Å²) in [5.41, 5.74) is 1.11. The highest BCUT2D eigenvalue weighted by molar-refractivity contribution is 9.10. The predicted octanol–water partition coefficient (Wildman–Crippen LogP) is 3.25. The van der Waals surface area contributed by atoms with Gasteiger partial charge in [-0.25, -0.2) is 0 Å². The van der Waals surface area contributed by atoms with Crippen molar-refractivity contribution in [3.05, 3.63) is 34.6 Å². The Morgan fingerprint density at radius 3 is 2.91 bits per heavy atom. The van der Waals surface area contributed by atoms with Gasteiger partial charge in [0.25, 0.3) is 0 Å². The van der Waals surface area contributed by atoms with Crippen LogP contribution in [0.1, 0.15) is 5.56 Å². The molecule has 0 saturated heterocycles. The normalized spacial score (nSPS) is 10.7. The molecule has 0 bridgehead atoms. The maximum atomic E-state index is 4.02. The van der Waals surface area contributed by atoms with Crippen molar-refractivity contribution in [1.29, 1.82) is 0 Å². The third kappa shape index (κ3) is 3.16. The molecular weight excluding hydrogens is 270 g/mol. The SMILES string of the molecule is BrC/C=C/c1cncc(Br)c1. The molecule has 1 aromatic heterocycles. The number of aromatic nitrogens is 1. The lowest BCUT2D eigenvalue weighted by atomic mass is 10.3. The minimum atomic E-state index is 0.875. The van der Waals surface area contributed by atoms with Gasteiger partial charge in [-0.15, -0.1) is 0 Å². The lowest BCUT2D eigenvalue weighted by Crippen LogP contribution is -1.75. The van der Waals surface area contributed by atoms with Gasteiger partial charge >= 0.3 is 0 Å². The van der Waals surface area contributed by atoms with Crippen LogP contribution in [-0.2, 0) is 0 Å². The molecule has 0 atom stereocenters. The van der Waals surface area contributed by atoms with E-state index < -0.39 is 0 Å². The second kappa shape index (κ2) is 4.67. The number of pyridine rings is 1. The highest BCUT2D eigenvalue weighted by atomic mass is 79.9. The molecule has 0 spiro atoms. The van der Waals surface area contributed by atoms with Crippen molar-refractivity contribution in [1.82, 2.24) is 4.98 Å².